The molecule has 4 aromatic rings. The Kier molecular flexibility index (Phi) is 14.3. The number of nitrogens with one attached hydrogen (secondary N) is 2. The summed E-state index contributed by atoms with van der Waals surface area (Å²) in [4.78, 5) is 22.9. The summed E-state index contributed by atoms with van der Waals surface area (Å²) in [6, 6.07) is 0. The standard InChI is InChI=1S/C41H69N11O10P2S2Si2/c1-39(2,3)67(9,10)22-55-28-24-17-56-63(53,65)60-29-25(59-37(31(29)62-68(11,12)40(4,5)6)51-16-23-14-13-15-44-33-26(23)34(51)47-20-46-33)18-57-64(54,66)61-30(28)36(58-24)52-21-48-27-32(42)49-38(50-35(27)52)45-19-41(7,8)43/h16,20-21,24-25,28-31,36-37H,13-15,17-19,22,43H2,1-12H3,(H,53,65)(H,54,66)(H,44,46,47)(H3,42,45,49,50)/t24-,25-,28-,29-,30-,31-,36-,37-,63?,64?/m1/s1. The van der Waals surface area contributed by atoms with Gasteiger partial charge in [-0.05, 0) is 55.4 Å². The van der Waals surface area contributed by atoms with Gasteiger partial charge in [0, 0.05) is 31.1 Å². The van der Waals surface area contributed by atoms with Crippen molar-refractivity contribution in [2.75, 3.05) is 48.9 Å². The molecule has 8 rings (SSSR count). The number of aromatic nitrogens is 7. The Bertz CT molecular complexity index is 2610. The average Bonchev–Trinajstić information content (AvgIpc) is 3.94. The highest BCUT2D eigenvalue weighted by Gasteiger charge is 2.57. The summed E-state index contributed by atoms with van der Waals surface area (Å²) in [7, 11) is -4.81. The molecule has 6 N–H and O–H groups in total. The molecular weight excluding hydrogens is 989 g/mol. The van der Waals surface area contributed by atoms with E-state index < -0.39 is 91.2 Å². The van der Waals surface area contributed by atoms with Crippen LogP contribution in [0.3, 0.4) is 0 Å². The van der Waals surface area contributed by atoms with Gasteiger partial charge >= 0.3 is 13.6 Å². The van der Waals surface area contributed by atoms with Crippen LogP contribution >= 0.6 is 38.1 Å². The van der Waals surface area contributed by atoms with Crippen molar-refractivity contribution < 1.29 is 45.9 Å². The Morgan fingerprint density at radius 2 is 1.53 bits per heavy atom. The van der Waals surface area contributed by atoms with E-state index in [1.165, 1.54) is 12.7 Å². The van der Waals surface area contributed by atoms with Crippen molar-refractivity contribution in [2.24, 2.45) is 5.73 Å². The second kappa shape index (κ2) is 18.7. The number of imidazole rings is 1. The average molecular weight is 1060 g/mol. The topological polar surface area (TPSA) is 258 Å². The molecule has 0 spiro atoms. The number of anilines is 3. The van der Waals surface area contributed by atoms with Crippen LogP contribution in [0.5, 0.6) is 0 Å². The molecule has 68 heavy (non-hydrogen) atoms. The molecule has 21 nitrogen and oxygen atoms in total. The number of nitrogens with zero attached hydrogens (tertiary/aromatic N) is 7. The van der Waals surface area contributed by atoms with Crippen LogP contribution in [0, 0.1) is 0 Å². The van der Waals surface area contributed by atoms with Gasteiger partial charge in [-0.15, -0.1) is 0 Å². The van der Waals surface area contributed by atoms with E-state index in [1.54, 1.807) is 4.57 Å². The monoisotopic (exact) mass is 1060 g/mol. The van der Waals surface area contributed by atoms with Crippen LogP contribution in [0.25, 0.3) is 22.2 Å². The number of aryl methyl sites for hydroxylation is 1. The number of ether oxygens (including phenoxy) is 3. The lowest BCUT2D eigenvalue weighted by Gasteiger charge is -2.41. The van der Waals surface area contributed by atoms with Crippen LogP contribution in [0.4, 0.5) is 17.6 Å². The maximum atomic E-state index is 14.9. The lowest BCUT2D eigenvalue weighted by Crippen LogP contribution is -2.49. The van der Waals surface area contributed by atoms with Crippen LogP contribution in [0.15, 0.2) is 18.9 Å². The van der Waals surface area contributed by atoms with Crippen LogP contribution in [0.1, 0.15) is 79.8 Å². The van der Waals surface area contributed by atoms with Gasteiger partial charge in [0.25, 0.3) is 0 Å². The lowest BCUT2D eigenvalue weighted by atomic mass is 10.1. The fraction of sp³-hybridized carbons (Fsp3) is 0.732. The molecular formula is C41H69N11O10P2S2Si2. The predicted molar refractivity (Wildman–Crippen MR) is 272 cm³/mol. The Morgan fingerprint density at radius 1 is 0.868 bits per heavy atom. The number of rotatable bonds is 10. The molecule has 378 valence electrons. The summed E-state index contributed by atoms with van der Waals surface area (Å²) in [5.41, 5.74) is 14.3. The lowest BCUT2D eigenvalue weighted by molar-refractivity contribution is -0.0583. The van der Waals surface area contributed by atoms with Gasteiger partial charge in [-0.1, -0.05) is 79.1 Å². The summed E-state index contributed by atoms with van der Waals surface area (Å²) in [6.07, 6.45) is -1.34. The summed E-state index contributed by atoms with van der Waals surface area (Å²) >= 11 is 9.19. The highest BCUT2D eigenvalue weighted by atomic mass is 32.7. The minimum atomic E-state index is -4.39. The molecule has 4 aliphatic heterocycles. The Hall–Kier alpha value is -2.20. The molecule has 2 unspecified atom stereocenters. The third-order valence-electron chi connectivity index (χ3n) is 14.1. The first-order valence-electron chi connectivity index (χ1n) is 23.0. The molecule has 3 saturated heterocycles. The number of hydrogen-bond donors (Lipinski definition) is 6. The highest BCUT2D eigenvalue weighted by Crippen LogP contribution is 2.61. The third kappa shape index (κ3) is 10.8. The fourth-order valence-corrected chi connectivity index (χ4v) is 13.4. The normalized spacial score (nSPS) is 31.2. The first-order valence-corrected chi connectivity index (χ1v) is 34.5. The molecule has 0 saturated carbocycles. The summed E-state index contributed by atoms with van der Waals surface area (Å²) < 4.78 is 86.4. The molecule has 2 bridgehead atoms. The first-order chi connectivity index (χ1) is 31.4. The van der Waals surface area contributed by atoms with Crippen LogP contribution in [-0.4, -0.2) is 125 Å². The second-order valence-electron chi connectivity index (χ2n) is 22.2. The van der Waals surface area contributed by atoms with Crippen LogP contribution in [-0.2, 0) is 52.3 Å². The van der Waals surface area contributed by atoms with Crippen molar-refractivity contribution in [2.45, 2.75) is 159 Å². The molecule has 0 aromatic carbocycles. The molecule has 0 amide bonds. The largest absolute Gasteiger partial charge is 0.407 e. The van der Waals surface area contributed by atoms with Crippen molar-refractivity contribution in [3.8, 4) is 0 Å². The maximum Gasteiger partial charge on any atom is 0.386 e. The van der Waals surface area contributed by atoms with Crippen molar-refractivity contribution in [3.63, 3.8) is 0 Å². The smallest absolute Gasteiger partial charge is 0.386 e. The number of thiol groups is 2. The van der Waals surface area contributed by atoms with Crippen molar-refractivity contribution in [1.82, 2.24) is 34.1 Å². The highest BCUT2D eigenvalue weighted by molar-refractivity contribution is 8.44. The van der Waals surface area contributed by atoms with Crippen molar-refractivity contribution in [1.29, 1.82) is 0 Å². The van der Waals surface area contributed by atoms with Crippen LogP contribution in [0.2, 0.25) is 36.3 Å². The molecule has 0 radical (unpaired) electrons. The van der Waals surface area contributed by atoms with E-state index >= 15 is 0 Å². The molecule has 4 aromatic heterocycles. The molecule has 3 fully saturated rings. The number of hydrogen-bond acceptors (Lipinski definition) is 19. The van der Waals surface area contributed by atoms with Gasteiger partial charge in [-0.3, -0.25) is 22.7 Å². The number of fused-ring (bicyclic) bond motifs is 4. The summed E-state index contributed by atoms with van der Waals surface area (Å²) in [5.74, 6) is 1.02. The molecule has 27 heteroatoms. The summed E-state index contributed by atoms with van der Waals surface area (Å²) in [6.45, 7) is 16.9. The van der Waals surface area contributed by atoms with E-state index in [-0.39, 0.29) is 39.6 Å². The molecule has 4 aliphatic rings. The first kappa shape index (κ1) is 52.1. The Balaban J connectivity index is 1.19. The van der Waals surface area contributed by atoms with E-state index in [2.05, 4.69) is 118 Å². The zero-order valence-electron chi connectivity index (χ0n) is 41.0. The predicted octanol–water partition coefficient (Wildman–Crippen LogP) is 7.87. The fourth-order valence-electron chi connectivity index (χ4n) is 8.12. The molecule has 10 atom stereocenters. The van der Waals surface area contributed by atoms with Crippen molar-refractivity contribution >= 4 is 94.3 Å². The van der Waals surface area contributed by atoms with E-state index in [0.29, 0.717) is 18.4 Å². The zero-order chi connectivity index (χ0) is 49.6. The summed E-state index contributed by atoms with van der Waals surface area (Å²) in [5, 5.41) is 7.10. The van der Waals surface area contributed by atoms with Gasteiger partial charge < -0.3 is 45.3 Å². The van der Waals surface area contributed by atoms with Gasteiger partial charge in [-0.25, -0.2) is 24.1 Å². The minimum absolute atomic E-state index is 0.0746. The van der Waals surface area contributed by atoms with Gasteiger partial charge in [0.1, 0.15) is 59.9 Å². The van der Waals surface area contributed by atoms with Crippen LogP contribution < -0.4 is 22.1 Å². The van der Waals surface area contributed by atoms with E-state index in [1.807, 2.05) is 24.6 Å². The quantitative estimate of drug-likeness (QED) is 0.0501. The van der Waals surface area contributed by atoms with Crippen molar-refractivity contribution in [3.05, 3.63) is 24.4 Å². The Labute approximate surface area is 410 Å². The van der Waals surface area contributed by atoms with Gasteiger partial charge in [-0.2, -0.15) is 9.97 Å². The third-order valence-corrected chi connectivity index (χ3v) is 26.7. The number of nitrogens with two attached hydrogens (primary N) is 2. The minimum Gasteiger partial charge on any atom is -0.407 e. The van der Waals surface area contributed by atoms with Gasteiger partial charge in [0.15, 0.2) is 32.2 Å². The molecule has 0 aliphatic carbocycles. The van der Waals surface area contributed by atoms with Gasteiger partial charge in [0.05, 0.1) is 33.0 Å². The van der Waals surface area contributed by atoms with E-state index in [9.17, 15) is 9.13 Å². The van der Waals surface area contributed by atoms with Gasteiger partial charge in [0.2, 0.25) is 5.95 Å². The van der Waals surface area contributed by atoms with E-state index in [4.69, 9.17) is 58.2 Å². The van der Waals surface area contributed by atoms with E-state index in [0.717, 1.165) is 36.2 Å². The zero-order valence-corrected chi connectivity index (χ0v) is 46.5. The maximum absolute atomic E-state index is 14.9. The molecule has 8 heterocycles. The number of nitrogen functional groups attached to an aromatic ring is 1. The SMILES string of the molecule is CC(C)(N)CNc1nc(N)c2ncn([C@@H]3O[C@@H]4COP(=O)(S)O[C@H]5[C@@H](O[Si](C)(C)C(C)(C)C)[C@H](n6cc7c8c(ncnc86)NCCC7)O[C@@H]5COP(=O)(S)O[C@@H]3[C@@H]4OC[Si](C)(C)C(C)(C)C)c2n1. The Morgan fingerprint density at radius 3 is 2.19 bits per heavy atom. The second-order valence-corrected chi connectivity index (χ2v) is 38.2.